The Balaban J connectivity index is 2.48. The quantitative estimate of drug-likeness (QED) is 0.779. The zero-order valence-electron chi connectivity index (χ0n) is 10.0. The van der Waals surface area contributed by atoms with Gasteiger partial charge < -0.3 is 0 Å². The van der Waals surface area contributed by atoms with E-state index in [4.69, 9.17) is 11.6 Å². The van der Waals surface area contributed by atoms with Crippen molar-refractivity contribution in [1.82, 2.24) is 15.0 Å². The van der Waals surface area contributed by atoms with Gasteiger partial charge in [-0.25, -0.2) is 4.68 Å². The molecule has 1 aromatic carbocycles. The van der Waals surface area contributed by atoms with Crippen molar-refractivity contribution in [3.05, 3.63) is 46.2 Å². The van der Waals surface area contributed by atoms with Crippen LogP contribution in [0.25, 0.3) is 0 Å². The molecule has 2 rings (SSSR count). The minimum absolute atomic E-state index is 0.000899. The van der Waals surface area contributed by atoms with Crippen LogP contribution in [0.1, 0.15) is 16.7 Å². The van der Waals surface area contributed by atoms with Gasteiger partial charge in [0.15, 0.2) is 0 Å². The molecule has 0 radical (unpaired) electrons. The van der Waals surface area contributed by atoms with Gasteiger partial charge in [0.2, 0.25) is 0 Å². The van der Waals surface area contributed by atoms with Crippen LogP contribution in [0.5, 0.6) is 0 Å². The molecule has 10 heteroatoms. The maximum atomic E-state index is 12.7. The number of hydrogen-bond donors (Lipinski definition) is 0. The lowest BCUT2D eigenvalue weighted by atomic mass is 10.0. The molecule has 0 bridgehead atoms. The molecule has 0 amide bonds. The van der Waals surface area contributed by atoms with Gasteiger partial charge in [-0.1, -0.05) is 16.8 Å². The van der Waals surface area contributed by atoms with Crippen molar-refractivity contribution in [2.45, 2.75) is 18.9 Å². The molecule has 2 aromatic rings. The summed E-state index contributed by atoms with van der Waals surface area (Å²) in [5.74, 6) is 0. The molecule has 1 aromatic heterocycles. The summed E-state index contributed by atoms with van der Waals surface area (Å²) in [6.45, 7) is -0.355. The van der Waals surface area contributed by atoms with Gasteiger partial charge in [-0.05, 0) is 23.8 Å². The SMILES string of the molecule is FC(F)(F)c1cc(Cn2nncc2Cl)cc(C(F)(F)F)c1. The van der Waals surface area contributed by atoms with E-state index in [0.717, 1.165) is 10.9 Å². The van der Waals surface area contributed by atoms with Crippen molar-refractivity contribution >= 4 is 11.6 Å². The highest BCUT2D eigenvalue weighted by Crippen LogP contribution is 2.36. The first-order valence-corrected chi connectivity index (χ1v) is 5.77. The molecule has 0 fully saturated rings. The molecule has 0 spiro atoms. The van der Waals surface area contributed by atoms with Crippen LogP contribution in [0.4, 0.5) is 26.3 Å². The zero-order chi connectivity index (χ0) is 15.8. The fourth-order valence-electron chi connectivity index (χ4n) is 1.64. The molecule has 0 aliphatic heterocycles. The predicted octanol–water partition coefficient (Wildman–Crippen LogP) is 4.02. The molecule has 0 aliphatic rings. The fourth-order valence-corrected chi connectivity index (χ4v) is 1.77. The first-order chi connectivity index (χ1) is 9.57. The average Bonchev–Trinajstić information content (AvgIpc) is 2.72. The summed E-state index contributed by atoms with van der Waals surface area (Å²) in [4.78, 5) is 0. The van der Waals surface area contributed by atoms with E-state index < -0.39 is 23.5 Å². The van der Waals surface area contributed by atoms with Crippen LogP contribution in [0.2, 0.25) is 5.15 Å². The number of aromatic nitrogens is 3. The second kappa shape index (κ2) is 5.21. The van der Waals surface area contributed by atoms with Crippen molar-refractivity contribution in [3.63, 3.8) is 0 Å². The van der Waals surface area contributed by atoms with Gasteiger partial charge in [-0.2, -0.15) is 26.3 Å². The third kappa shape index (κ3) is 3.66. The van der Waals surface area contributed by atoms with E-state index in [2.05, 4.69) is 10.3 Å². The number of nitrogens with zero attached hydrogens (tertiary/aromatic N) is 3. The molecule has 0 atom stereocenters. The fraction of sp³-hybridized carbons (Fsp3) is 0.273. The first kappa shape index (κ1) is 15.6. The van der Waals surface area contributed by atoms with Gasteiger partial charge in [-0.3, -0.25) is 0 Å². The van der Waals surface area contributed by atoms with Crippen molar-refractivity contribution in [3.8, 4) is 0 Å². The van der Waals surface area contributed by atoms with Gasteiger partial charge in [0, 0.05) is 0 Å². The van der Waals surface area contributed by atoms with E-state index in [1.54, 1.807) is 0 Å². The molecule has 21 heavy (non-hydrogen) atoms. The van der Waals surface area contributed by atoms with Crippen molar-refractivity contribution < 1.29 is 26.3 Å². The third-order valence-corrected chi connectivity index (χ3v) is 2.84. The minimum atomic E-state index is -4.89. The number of benzene rings is 1. The van der Waals surface area contributed by atoms with Crippen LogP contribution < -0.4 is 0 Å². The molecule has 0 unspecified atom stereocenters. The highest BCUT2D eigenvalue weighted by Gasteiger charge is 2.36. The number of alkyl halides is 6. The maximum absolute atomic E-state index is 12.7. The van der Waals surface area contributed by atoms with E-state index in [-0.39, 0.29) is 23.3 Å². The van der Waals surface area contributed by atoms with Gasteiger partial charge in [0.1, 0.15) is 5.15 Å². The van der Waals surface area contributed by atoms with E-state index in [1.165, 1.54) is 0 Å². The van der Waals surface area contributed by atoms with E-state index in [9.17, 15) is 26.3 Å². The molecule has 0 saturated heterocycles. The Bertz CT molecular complexity index is 614. The lowest BCUT2D eigenvalue weighted by molar-refractivity contribution is -0.143. The number of rotatable bonds is 2. The standard InChI is InChI=1S/C11H6ClF6N3/c12-9-4-19-20-21(9)5-6-1-7(10(13,14)15)3-8(2-6)11(16,17)18/h1-4H,5H2. The monoisotopic (exact) mass is 329 g/mol. The third-order valence-electron chi connectivity index (χ3n) is 2.55. The van der Waals surface area contributed by atoms with Gasteiger partial charge in [0.25, 0.3) is 0 Å². The smallest absolute Gasteiger partial charge is 0.229 e. The molecular formula is C11H6ClF6N3. The Labute approximate surface area is 119 Å². The van der Waals surface area contributed by atoms with Crippen LogP contribution in [0.15, 0.2) is 24.4 Å². The maximum Gasteiger partial charge on any atom is 0.416 e. The Kier molecular flexibility index (Phi) is 3.87. The van der Waals surface area contributed by atoms with E-state index in [0.29, 0.717) is 12.1 Å². The molecule has 114 valence electrons. The molecule has 0 aliphatic carbocycles. The van der Waals surface area contributed by atoms with Crippen molar-refractivity contribution in [2.75, 3.05) is 0 Å². The topological polar surface area (TPSA) is 30.7 Å². The summed E-state index contributed by atoms with van der Waals surface area (Å²) in [6, 6.07) is 1.30. The summed E-state index contributed by atoms with van der Waals surface area (Å²) in [5, 5.41) is 6.86. The normalized spacial score (nSPS) is 12.7. The molecule has 3 nitrogen and oxygen atoms in total. The second-order valence-electron chi connectivity index (χ2n) is 4.13. The number of halogens is 7. The van der Waals surface area contributed by atoms with Gasteiger partial charge in [0.05, 0.1) is 23.9 Å². The molecular weight excluding hydrogens is 324 g/mol. The highest BCUT2D eigenvalue weighted by atomic mass is 35.5. The van der Waals surface area contributed by atoms with Gasteiger partial charge >= 0.3 is 12.4 Å². The number of hydrogen-bond acceptors (Lipinski definition) is 2. The minimum Gasteiger partial charge on any atom is -0.229 e. The van der Waals surface area contributed by atoms with Gasteiger partial charge in [-0.15, -0.1) is 5.10 Å². The first-order valence-electron chi connectivity index (χ1n) is 5.40. The summed E-state index contributed by atoms with van der Waals surface area (Å²) < 4.78 is 77.0. The molecule has 1 heterocycles. The Morgan fingerprint density at radius 2 is 1.48 bits per heavy atom. The van der Waals surface area contributed by atoms with Crippen LogP contribution in [0, 0.1) is 0 Å². The van der Waals surface area contributed by atoms with Crippen molar-refractivity contribution in [1.29, 1.82) is 0 Å². The Morgan fingerprint density at radius 3 is 1.86 bits per heavy atom. The van der Waals surface area contributed by atoms with Crippen molar-refractivity contribution in [2.24, 2.45) is 0 Å². The summed E-state index contributed by atoms with van der Waals surface area (Å²) in [6.07, 6.45) is -8.65. The Morgan fingerprint density at radius 1 is 0.952 bits per heavy atom. The average molecular weight is 330 g/mol. The Hall–Kier alpha value is -1.77. The largest absolute Gasteiger partial charge is 0.416 e. The van der Waals surface area contributed by atoms with Crippen LogP contribution >= 0.6 is 11.6 Å². The lowest BCUT2D eigenvalue weighted by Crippen LogP contribution is -2.13. The van der Waals surface area contributed by atoms with E-state index >= 15 is 0 Å². The van der Waals surface area contributed by atoms with E-state index in [1.807, 2.05) is 0 Å². The van der Waals surface area contributed by atoms with Crippen LogP contribution in [-0.2, 0) is 18.9 Å². The summed E-state index contributed by atoms with van der Waals surface area (Å²) >= 11 is 5.64. The van der Waals surface area contributed by atoms with Crippen LogP contribution in [-0.4, -0.2) is 15.0 Å². The van der Waals surface area contributed by atoms with Crippen LogP contribution in [0.3, 0.4) is 0 Å². The highest BCUT2D eigenvalue weighted by molar-refractivity contribution is 6.29. The molecule has 0 saturated carbocycles. The predicted molar refractivity (Wildman–Crippen MR) is 60.6 cm³/mol. The summed E-state index contributed by atoms with van der Waals surface area (Å²) in [7, 11) is 0. The summed E-state index contributed by atoms with van der Waals surface area (Å²) in [5.41, 5.74) is -3.00. The second-order valence-corrected chi connectivity index (χ2v) is 4.52. The lowest BCUT2D eigenvalue weighted by Gasteiger charge is -2.14. The molecule has 0 N–H and O–H groups in total. The zero-order valence-corrected chi connectivity index (χ0v) is 10.8.